The molecular formula is C31H34N4O5S. The number of nitrogens with zero attached hydrogens (tertiary/aromatic N) is 1. The van der Waals surface area contributed by atoms with Crippen LogP contribution in [0.3, 0.4) is 0 Å². The molecule has 41 heavy (non-hydrogen) atoms. The number of aldehydes is 1. The number of anilines is 1. The van der Waals surface area contributed by atoms with E-state index in [1.54, 1.807) is 18.2 Å². The molecule has 10 heteroatoms. The van der Waals surface area contributed by atoms with Crippen LogP contribution in [0.15, 0.2) is 72.8 Å². The van der Waals surface area contributed by atoms with Gasteiger partial charge in [-0.05, 0) is 73.0 Å². The van der Waals surface area contributed by atoms with Crippen LogP contribution in [0.2, 0.25) is 0 Å². The zero-order valence-corrected chi connectivity index (χ0v) is 24.1. The van der Waals surface area contributed by atoms with Crippen LogP contribution in [-0.4, -0.2) is 62.9 Å². The van der Waals surface area contributed by atoms with Gasteiger partial charge in [0.1, 0.15) is 5.75 Å². The number of H-pyrrole nitrogens is 1. The zero-order chi connectivity index (χ0) is 29.6. The molecule has 2 heterocycles. The molecule has 4 N–H and O–H groups in total. The van der Waals surface area contributed by atoms with E-state index < -0.39 is 10.0 Å². The second kappa shape index (κ2) is 12.9. The van der Waals surface area contributed by atoms with Crippen molar-refractivity contribution in [1.82, 2.24) is 9.29 Å². The first kappa shape index (κ1) is 29.7. The van der Waals surface area contributed by atoms with Crippen LogP contribution < -0.4 is 15.8 Å². The van der Waals surface area contributed by atoms with Crippen molar-refractivity contribution in [2.45, 2.75) is 13.3 Å². The molecule has 1 aliphatic rings. The fraction of sp³-hybridized carbons (Fsp3) is 0.226. The van der Waals surface area contributed by atoms with Gasteiger partial charge in [0.25, 0.3) is 5.91 Å². The SMILES string of the molecule is CN.Cc1c(NC(=O)COc2ccccc2)cccc1-c1ccc(C=O)c2[nH]c(C3=CCN(S(C)(=O)=O)CC3)cc12. The third kappa shape index (κ3) is 6.74. The van der Waals surface area contributed by atoms with Crippen LogP contribution in [0.5, 0.6) is 5.75 Å². The molecule has 5 rings (SSSR count). The minimum absolute atomic E-state index is 0.112. The molecule has 0 saturated heterocycles. The quantitative estimate of drug-likeness (QED) is 0.263. The number of aromatic nitrogens is 1. The Morgan fingerprint density at radius 1 is 1.07 bits per heavy atom. The van der Waals surface area contributed by atoms with E-state index in [9.17, 15) is 18.0 Å². The molecule has 1 aliphatic heterocycles. The van der Waals surface area contributed by atoms with Crippen molar-refractivity contribution in [3.8, 4) is 16.9 Å². The molecule has 9 nitrogen and oxygen atoms in total. The lowest BCUT2D eigenvalue weighted by molar-refractivity contribution is -0.118. The summed E-state index contributed by atoms with van der Waals surface area (Å²) in [5.41, 5.74) is 11.0. The smallest absolute Gasteiger partial charge is 0.262 e. The van der Waals surface area contributed by atoms with E-state index >= 15 is 0 Å². The number of nitrogens with one attached hydrogen (secondary N) is 2. The maximum Gasteiger partial charge on any atom is 0.262 e. The Kier molecular flexibility index (Phi) is 9.38. The summed E-state index contributed by atoms with van der Waals surface area (Å²) >= 11 is 0. The van der Waals surface area contributed by atoms with Gasteiger partial charge in [-0.1, -0.05) is 42.5 Å². The van der Waals surface area contributed by atoms with Crippen molar-refractivity contribution >= 4 is 44.4 Å². The molecule has 0 aliphatic carbocycles. The molecular weight excluding hydrogens is 540 g/mol. The van der Waals surface area contributed by atoms with E-state index in [-0.39, 0.29) is 12.5 Å². The Balaban J connectivity index is 0.00000189. The van der Waals surface area contributed by atoms with Gasteiger partial charge in [0.05, 0.1) is 11.8 Å². The largest absolute Gasteiger partial charge is 0.484 e. The zero-order valence-electron chi connectivity index (χ0n) is 23.3. The molecule has 214 valence electrons. The first-order valence-corrected chi connectivity index (χ1v) is 15.0. The normalized spacial score (nSPS) is 13.6. The van der Waals surface area contributed by atoms with Gasteiger partial charge in [0, 0.05) is 35.4 Å². The Bertz CT molecular complexity index is 1690. The standard InChI is InChI=1S/C30H29N3O5S.CH5N/c1-20-24(9-6-10-27(20)31-29(35)19-38-23-7-4-3-5-8-23)25-12-11-22(18-34)30-26(25)17-28(32-30)21-13-15-33(16-14-21)39(2,36)37;1-2/h3-13,17-18,32H,14-16,19H2,1-2H3,(H,31,35);2H2,1H3. The van der Waals surface area contributed by atoms with E-state index in [1.807, 2.05) is 61.5 Å². The van der Waals surface area contributed by atoms with Gasteiger partial charge in [-0.3, -0.25) is 9.59 Å². The maximum atomic E-state index is 12.6. The van der Waals surface area contributed by atoms with Crippen molar-refractivity contribution in [1.29, 1.82) is 0 Å². The Hall–Kier alpha value is -4.25. The van der Waals surface area contributed by atoms with Gasteiger partial charge in [-0.25, -0.2) is 8.42 Å². The monoisotopic (exact) mass is 574 g/mol. The predicted molar refractivity (Wildman–Crippen MR) is 164 cm³/mol. The third-order valence-corrected chi connectivity index (χ3v) is 8.22. The number of para-hydroxylation sites is 1. The first-order valence-electron chi connectivity index (χ1n) is 13.2. The van der Waals surface area contributed by atoms with Crippen molar-refractivity contribution in [3.05, 3.63) is 89.6 Å². The molecule has 1 amide bonds. The van der Waals surface area contributed by atoms with Gasteiger partial charge in [-0.2, -0.15) is 4.31 Å². The summed E-state index contributed by atoms with van der Waals surface area (Å²) in [6, 6.07) is 20.6. The van der Waals surface area contributed by atoms with E-state index in [2.05, 4.69) is 16.0 Å². The second-order valence-corrected chi connectivity index (χ2v) is 11.5. The van der Waals surface area contributed by atoms with Crippen molar-refractivity contribution in [3.63, 3.8) is 0 Å². The molecule has 0 unspecified atom stereocenters. The van der Waals surface area contributed by atoms with E-state index in [0.29, 0.717) is 42.0 Å². The average Bonchev–Trinajstić information content (AvgIpc) is 3.44. The minimum Gasteiger partial charge on any atom is -0.484 e. The molecule has 3 aromatic carbocycles. The number of carbonyl (C=O) groups is 2. The van der Waals surface area contributed by atoms with Gasteiger partial charge in [-0.15, -0.1) is 0 Å². The number of carbonyl (C=O) groups excluding carboxylic acids is 2. The number of amides is 1. The third-order valence-electron chi connectivity index (χ3n) is 6.95. The molecule has 0 spiro atoms. The Morgan fingerprint density at radius 3 is 2.49 bits per heavy atom. The number of sulfonamides is 1. The number of fused-ring (bicyclic) bond motifs is 1. The number of nitrogens with two attached hydrogens (primary N) is 1. The number of rotatable bonds is 8. The summed E-state index contributed by atoms with van der Waals surface area (Å²) in [4.78, 5) is 27.9. The molecule has 0 fully saturated rings. The number of ether oxygens (including phenoxy) is 1. The van der Waals surface area contributed by atoms with E-state index in [0.717, 1.165) is 39.6 Å². The van der Waals surface area contributed by atoms with E-state index in [4.69, 9.17) is 4.74 Å². The highest BCUT2D eigenvalue weighted by Gasteiger charge is 2.22. The highest BCUT2D eigenvalue weighted by Crippen LogP contribution is 2.37. The summed E-state index contributed by atoms with van der Waals surface area (Å²) in [5.74, 6) is 0.355. The number of hydrogen-bond donors (Lipinski definition) is 3. The van der Waals surface area contributed by atoms with Crippen LogP contribution >= 0.6 is 0 Å². The summed E-state index contributed by atoms with van der Waals surface area (Å²) < 4.78 is 30.8. The summed E-state index contributed by atoms with van der Waals surface area (Å²) in [5, 5.41) is 3.82. The number of hydrogen-bond acceptors (Lipinski definition) is 6. The molecule has 0 bridgehead atoms. The topological polar surface area (TPSA) is 135 Å². The van der Waals surface area contributed by atoms with Crippen LogP contribution in [-0.2, 0) is 14.8 Å². The van der Waals surface area contributed by atoms with Crippen LogP contribution in [0, 0.1) is 6.92 Å². The summed E-state index contributed by atoms with van der Waals surface area (Å²) in [6.45, 7) is 2.55. The molecule has 0 saturated carbocycles. The lowest BCUT2D eigenvalue weighted by atomic mass is 9.94. The minimum atomic E-state index is -3.25. The molecule has 0 atom stereocenters. The van der Waals surface area contributed by atoms with Crippen LogP contribution in [0.4, 0.5) is 5.69 Å². The van der Waals surface area contributed by atoms with Crippen LogP contribution in [0.25, 0.3) is 27.6 Å². The van der Waals surface area contributed by atoms with Crippen LogP contribution in [0.1, 0.15) is 28.0 Å². The van der Waals surface area contributed by atoms with Gasteiger partial charge >= 0.3 is 0 Å². The van der Waals surface area contributed by atoms with Crippen molar-refractivity contribution in [2.75, 3.05) is 38.3 Å². The summed E-state index contributed by atoms with van der Waals surface area (Å²) in [6.07, 6.45) is 4.52. The number of aromatic amines is 1. The predicted octanol–water partition coefficient (Wildman–Crippen LogP) is 4.60. The highest BCUT2D eigenvalue weighted by atomic mass is 32.2. The second-order valence-electron chi connectivity index (χ2n) is 9.52. The molecule has 0 radical (unpaired) electrons. The Labute approximate surface area is 240 Å². The first-order chi connectivity index (χ1) is 19.7. The maximum absolute atomic E-state index is 12.6. The lowest BCUT2D eigenvalue weighted by Crippen LogP contribution is -2.33. The van der Waals surface area contributed by atoms with Gasteiger partial charge in [0.2, 0.25) is 10.0 Å². The Morgan fingerprint density at radius 2 is 1.83 bits per heavy atom. The lowest BCUT2D eigenvalue weighted by Gasteiger charge is -2.23. The van der Waals surface area contributed by atoms with Gasteiger partial charge < -0.3 is 20.8 Å². The fourth-order valence-electron chi connectivity index (χ4n) is 4.86. The average molecular weight is 575 g/mol. The van der Waals surface area contributed by atoms with E-state index in [1.165, 1.54) is 17.6 Å². The van der Waals surface area contributed by atoms with Gasteiger partial charge in [0.15, 0.2) is 12.9 Å². The molecule has 4 aromatic rings. The van der Waals surface area contributed by atoms with Crippen molar-refractivity contribution in [2.24, 2.45) is 5.73 Å². The molecule has 1 aromatic heterocycles. The fourth-order valence-corrected chi connectivity index (χ4v) is 5.63. The summed E-state index contributed by atoms with van der Waals surface area (Å²) in [7, 11) is -1.75. The highest BCUT2D eigenvalue weighted by molar-refractivity contribution is 7.88. The van der Waals surface area contributed by atoms with Crippen molar-refractivity contribution < 1.29 is 22.7 Å². The number of benzene rings is 3.